The summed E-state index contributed by atoms with van der Waals surface area (Å²) in [6.45, 7) is 0. The fourth-order valence-electron chi connectivity index (χ4n) is 2.33. The van der Waals surface area contributed by atoms with Crippen molar-refractivity contribution in [2.75, 3.05) is 6.44 Å². The van der Waals surface area contributed by atoms with Crippen LogP contribution in [0.5, 0.6) is 0 Å². The smallest absolute Gasteiger partial charge is 0.426 e. The number of pyridine rings is 1. The van der Waals surface area contributed by atoms with Crippen molar-refractivity contribution in [2.24, 2.45) is 5.16 Å². The van der Waals surface area contributed by atoms with Gasteiger partial charge in [0.2, 0.25) is 6.10 Å². The number of carbonyl (C=O) groups excluding carboxylic acids is 1. The molecular formula is C14H14BN3O4. The molecule has 8 heteroatoms. The molecule has 1 atom stereocenters. The van der Waals surface area contributed by atoms with Crippen LogP contribution in [-0.4, -0.2) is 46.3 Å². The minimum absolute atomic E-state index is 0.244. The third kappa shape index (κ3) is 2.93. The molecule has 1 aromatic carbocycles. The zero-order chi connectivity index (χ0) is 15.5. The fourth-order valence-corrected chi connectivity index (χ4v) is 2.33. The molecule has 3 N–H and O–H groups in total. The van der Waals surface area contributed by atoms with E-state index in [0.717, 1.165) is 16.5 Å². The normalized spacial score (nSPS) is 17.0. The number of rotatable bonds is 4. The lowest BCUT2D eigenvalue weighted by Gasteiger charge is -2.09. The zero-order valence-electron chi connectivity index (χ0n) is 11.6. The number of amides is 1. The molecule has 1 amide bonds. The maximum absolute atomic E-state index is 11.8. The van der Waals surface area contributed by atoms with Gasteiger partial charge in [-0.3, -0.25) is 9.78 Å². The highest BCUT2D eigenvalue weighted by atomic mass is 16.6. The van der Waals surface area contributed by atoms with E-state index in [1.807, 2.05) is 30.3 Å². The predicted octanol–water partition coefficient (Wildman–Crippen LogP) is -0.144. The first-order chi connectivity index (χ1) is 10.6. The van der Waals surface area contributed by atoms with Crippen LogP contribution in [0.2, 0.25) is 0 Å². The van der Waals surface area contributed by atoms with E-state index in [4.69, 9.17) is 14.9 Å². The lowest BCUT2D eigenvalue weighted by molar-refractivity contribution is -0.130. The van der Waals surface area contributed by atoms with E-state index in [1.165, 1.54) is 0 Å². The van der Waals surface area contributed by atoms with E-state index in [-0.39, 0.29) is 6.44 Å². The Kier molecular flexibility index (Phi) is 4.03. The van der Waals surface area contributed by atoms with Gasteiger partial charge in [0.05, 0.1) is 17.7 Å². The van der Waals surface area contributed by atoms with Gasteiger partial charge in [-0.1, -0.05) is 23.4 Å². The van der Waals surface area contributed by atoms with Gasteiger partial charge in [0, 0.05) is 23.6 Å². The molecule has 22 heavy (non-hydrogen) atoms. The molecule has 1 unspecified atom stereocenters. The van der Waals surface area contributed by atoms with Gasteiger partial charge >= 0.3 is 7.12 Å². The average Bonchev–Trinajstić information content (AvgIpc) is 3.02. The molecule has 0 spiro atoms. The largest absolute Gasteiger partial charge is 0.472 e. The SMILES string of the molecule is O=C(NCB(O)O)C1CC(c2ccnc3ccccc23)=NO1. The van der Waals surface area contributed by atoms with Crippen LogP contribution in [0, 0.1) is 0 Å². The zero-order valence-corrected chi connectivity index (χ0v) is 11.6. The van der Waals surface area contributed by atoms with Crippen molar-refractivity contribution in [3.63, 3.8) is 0 Å². The van der Waals surface area contributed by atoms with E-state index in [2.05, 4.69) is 15.5 Å². The molecule has 3 rings (SSSR count). The van der Waals surface area contributed by atoms with Crippen molar-refractivity contribution in [1.29, 1.82) is 0 Å². The maximum atomic E-state index is 11.8. The Morgan fingerprint density at radius 1 is 1.36 bits per heavy atom. The topological polar surface area (TPSA) is 104 Å². The highest BCUT2D eigenvalue weighted by molar-refractivity contribution is 6.41. The summed E-state index contributed by atoms with van der Waals surface area (Å²) in [4.78, 5) is 21.3. The number of hydrogen-bond donors (Lipinski definition) is 3. The molecule has 1 aliphatic rings. The molecule has 2 heterocycles. The Morgan fingerprint density at radius 3 is 3.00 bits per heavy atom. The number of aromatic nitrogens is 1. The van der Waals surface area contributed by atoms with Gasteiger partial charge in [0.25, 0.3) is 5.91 Å². The van der Waals surface area contributed by atoms with Crippen molar-refractivity contribution in [3.8, 4) is 0 Å². The van der Waals surface area contributed by atoms with Crippen LogP contribution >= 0.6 is 0 Å². The highest BCUT2D eigenvalue weighted by Gasteiger charge is 2.30. The summed E-state index contributed by atoms with van der Waals surface area (Å²) in [6.07, 6.45) is 1.00. The summed E-state index contributed by atoms with van der Waals surface area (Å²) in [6, 6.07) is 9.50. The Morgan fingerprint density at radius 2 is 2.18 bits per heavy atom. The van der Waals surface area contributed by atoms with Gasteiger partial charge in [-0.25, -0.2) is 0 Å². The summed E-state index contributed by atoms with van der Waals surface area (Å²) >= 11 is 0. The van der Waals surface area contributed by atoms with Gasteiger partial charge in [-0.15, -0.1) is 0 Å². The molecule has 0 bridgehead atoms. The molecule has 112 valence electrons. The average molecular weight is 299 g/mol. The van der Waals surface area contributed by atoms with Crippen molar-refractivity contribution in [1.82, 2.24) is 10.3 Å². The number of nitrogens with zero attached hydrogens (tertiary/aromatic N) is 2. The first-order valence-corrected chi connectivity index (χ1v) is 6.86. The number of benzene rings is 1. The standard InChI is InChI=1S/C14H14BN3O4/c19-14(17-8-15(20)21)13-7-12(18-22-13)10-5-6-16-11-4-2-1-3-9(10)11/h1-6,13,20-21H,7-8H2,(H,17,19). The van der Waals surface area contributed by atoms with Gasteiger partial charge in [0.15, 0.2) is 0 Å². The minimum Gasteiger partial charge on any atom is -0.426 e. The van der Waals surface area contributed by atoms with E-state index in [9.17, 15) is 4.79 Å². The molecule has 0 saturated carbocycles. The van der Waals surface area contributed by atoms with E-state index >= 15 is 0 Å². The number of oxime groups is 1. The second kappa shape index (κ2) is 6.12. The molecule has 0 radical (unpaired) electrons. The van der Waals surface area contributed by atoms with Crippen LogP contribution in [0.15, 0.2) is 41.7 Å². The van der Waals surface area contributed by atoms with E-state index < -0.39 is 19.1 Å². The van der Waals surface area contributed by atoms with Crippen LogP contribution in [0.1, 0.15) is 12.0 Å². The van der Waals surface area contributed by atoms with Crippen molar-refractivity contribution < 1.29 is 19.7 Å². The first-order valence-electron chi connectivity index (χ1n) is 6.86. The lowest BCUT2D eigenvalue weighted by atomic mass is 9.92. The van der Waals surface area contributed by atoms with Gasteiger partial charge in [-0.05, 0) is 12.1 Å². The lowest BCUT2D eigenvalue weighted by Crippen LogP contribution is -2.41. The quantitative estimate of drug-likeness (QED) is 0.681. The first kappa shape index (κ1) is 14.5. The Labute approximate surface area is 126 Å². The molecule has 1 aromatic heterocycles. The Balaban J connectivity index is 1.76. The number of nitrogens with one attached hydrogen (secondary N) is 1. The maximum Gasteiger partial charge on any atom is 0.472 e. The van der Waals surface area contributed by atoms with Crippen LogP contribution in [0.4, 0.5) is 0 Å². The van der Waals surface area contributed by atoms with Crippen molar-refractivity contribution in [3.05, 3.63) is 42.1 Å². The van der Waals surface area contributed by atoms with Crippen LogP contribution in [0.25, 0.3) is 10.9 Å². The summed E-state index contributed by atoms with van der Waals surface area (Å²) in [5.41, 5.74) is 2.39. The van der Waals surface area contributed by atoms with E-state index in [0.29, 0.717) is 12.1 Å². The van der Waals surface area contributed by atoms with Gasteiger partial charge in [0.1, 0.15) is 0 Å². The minimum atomic E-state index is -1.59. The molecule has 1 aliphatic heterocycles. The number of carbonyl (C=O) groups is 1. The molecule has 0 fully saturated rings. The second-order valence-corrected chi connectivity index (χ2v) is 4.94. The Bertz CT molecular complexity index is 730. The van der Waals surface area contributed by atoms with Crippen LogP contribution in [0.3, 0.4) is 0 Å². The van der Waals surface area contributed by atoms with Gasteiger partial charge < -0.3 is 20.2 Å². The summed E-state index contributed by atoms with van der Waals surface area (Å²) in [5.74, 6) is -0.426. The summed E-state index contributed by atoms with van der Waals surface area (Å²) in [5, 5.41) is 24.8. The highest BCUT2D eigenvalue weighted by Crippen LogP contribution is 2.23. The number of fused-ring (bicyclic) bond motifs is 1. The van der Waals surface area contributed by atoms with Gasteiger partial charge in [-0.2, -0.15) is 0 Å². The predicted molar refractivity (Wildman–Crippen MR) is 81.0 cm³/mol. The number of para-hydroxylation sites is 1. The number of hydrogen-bond acceptors (Lipinski definition) is 6. The monoisotopic (exact) mass is 299 g/mol. The Hall–Kier alpha value is -2.45. The van der Waals surface area contributed by atoms with Crippen LogP contribution in [-0.2, 0) is 9.63 Å². The second-order valence-electron chi connectivity index (χ2n) is 4.94. The van der Waals surface area contributed by atoms with Crippen molar-refractivity contribution in [2.45, 2.75) is 12.5 Å². The molecule has 0 aliphatic carbocycles. The fraction of sp³-hybridized carbons (Fsp3) is 0.214. The summed E-state index contributed by atoms with van der Waals surface area (Å²) < 4.78 is 0. The van der Waals surface area contributed by atoms with Crippen molar-refractivity contribution >= 4 is 29.6 Å². The summed E-state index contributed by atoms with van der Waals surface area (Å²) in [7, 11) is -1.59. The molecular weight excluding hydrogens is 285 g/mol. The molecule has 0 saturated heterocycles. The third-order valence-corrected chi connectivity index (χ3v) is 3.38. The third-order valence-electron chi connectivity index (χ3n) is 3.38. The van der Waals surface area contributed by atoms with E-state index in [1.54, 1.807) is 6.20 Å². The molecule has 7 nitrogen and oxygen atoms in total. The molecule has 2 aromatic rings. The van der Waals surface area contributed by atoms with Crippen LogP contribution < -0.4 is 5.32 Å².